The molecular formula is C13H13N5OS2. The van der Waals surface area contributed by atoms with Gasteiger partial charge in [-0.25, -0.2) is 9.97 Å². The highest BCUT2D eigenvalue weighted by Crippen LogP contribution is 2.25. The van der Waals surface area contributed by atoms with Crippen LogP contribution in [0.3, 0.4) is 0 Å². The summed E-state index contributed by atoms with van der Waals surface area (Å²) in [4.78, 5) is 20.5. The largest absolute Gasteiger partial charge is 0.346 e. The van der Waals surface area contributed by atoms with Crippen molar-refractivity contribution < 1.29 is 4.79 Å². The fraction of sp³-hybridized carbons (Fsp3) is 0.231. The number of aromatic nitrogens is 4. The lowest BCUT2D eigenvalue weighted by Gasteiger charge is -2.09. The Balaban J connectivity index is 1.60. The van der Waals surface area contributed by atoms with Gasteiger partial charge in [-0.05, 0) is 18.4 Å². The van der Waals surface area contributed by atoms with Crippen LogP contribution in [0.5, 0.6) is 0 Å². The minimum Gasteiger partial charge on any atom is -0.346 e. The maximum atomic E-state index is 12.0. The predicted molar refractivity (Wildman–Crippen MR) is 82.1 cm³/mol. The van der Waals surface area contributed by atoms with Crippen LogP contribution in [0.1, 0.15) is 24.5 Å². The zero-order valence-electron chi connectivity index (χ0n) is 11.2. The lowest BCUT2D eigenvalue weighted by Crippen LogP contribution is -2.28. The van der Waals surface area contributed by atoms with E-state index in [1.165, 1.54) is 6.33 Å². The second-order valence-electron chi connectivity index (χ2n) is 4.49. The van der Waals surface area contributed by atoms with E-state index in [-0.39, 0.29) is 18.4 Å². The van der Waals surface area contributed by atoms with Crippen LogP contribution in [-0.4, -0.2) is 26.1 Å². The average Bonchev–Trinajstić information content (AvgIpc) is 3.21. The number of carbonyl (C=O) groups excluding carboxylic acids is 1. The molecule has 3 aromatic rings. The molecular weight excluding hydrogens is 306 g/mol. The lowest BCUT2D eigenvalue weighted by molar-refractivity contribution is -0.121. The molecule has 3 aromatic heterocycles. The number of nitrogens with one attached hydrogen (secondary N) is 2. The molecule has 0 saturated heterocycles. The molecule has 3 heterocycles. The van der Waals surface area contributed by atoms with Crippen LogP contribution in [0.15, 0.2) is 28.5 Å². The summed E-state index contributed by atoms with van der Waals surface area (Å²) in [6, 6.07) is 1.83. The third kappa shape index (κ3) is 3.34. The van der Waals surface area contributed by atoms with Gasteiger partial charge in [-0.2, -0.15) is 16.4 Å². The molecule has 2 N–H and O–H groups in total. The zero-order valence-corrected chi connectivity index (χ0v) is 12.9. The van der Waals surface area contributed by atoms with Gasteiger partial charge in [0.15, 0.2) is 0 Å². The highest BCUT2D eigenvalue weighted by Gasteiger charge is 2.14. The number of amides is 1. The highest BCUT2D eigenvalue weighted by molar-refractivity contribution is 7.14. The Morgan fingerprint density at radius 1 is 1.48 bits per heavy atom. The van der Waals surface area contributed by atoms with Crippen molar-refractivity contribution in [3.8, 4) is 10.6 Å². The maximum absolute atomic E-state index is 12.0. The highest BCUT2D eigenvalue weighted by atomic mass is 32.1. The Morgan fingerprint density at radius 3 is 3.10 bits per heavy atom. The number of hydrogen-bond acceptors (Lipinski definition) is 6. The van der Waals surface area contributed by atoms with Crippen LogP contribution in [-0.2, 0) is 11.2 Å². The predicted octanol–water partition coefficient (Wildman–Crippen LogP) is 2.41. The average molecular weight is 319 g/mol. The molecule has 1 atom stereocenters. The third-order valence-electron chi connectivity index (χ3n) is 2.88. The van der Waals surface area contributed by atoms with E-state index in [9.17, 15) is 4.79 Å². The molecule has 3 rings (SSSR count). The number of hydrogen-bond donors (Lipinski definition) is 2. The molecule has 0 aliphatic heterocycles. The van der Waals surface area contributed by atoms with Gasteiger partial charge in [0.2, 0.25) is 5.91 Å². The maximum Gasteiger partial charge on any atom is 0.226 e. The van der Waals surface area contributed by atoms with Crippen LogP contribution < -0.4 is 5.32 Å². The summed E-state index contributed by atoms with van der Waals surface area (Å²) in [5, 5.41) is 16.3. The monoisotopic (exact) mass is 319 g/mol. The Hall–Kier alpha value is -2.06. The van der Waals surface area contributed by atoms with Crippen molar-refractivity contribution in [1.82, 2.24) is 25.5 Å². The fourth-order valence-corrected chi connectivity index (χ4v) is 3.39. The standard InChI is InChI=1S/C13H13N5OS2/c1-8(12-14-7-15-18-12)16-11(19)4-10-6-21-13(17-10)9-2-3-20-5-9/h2-3,5-8H,4H2,1H3,(H,16,19)(H,14,15,18). The number of thiophene rings is 1. The summed E-state index contributed by atoms with van der Waals surface area (Å²) < 4.78 is 0. The van der Waals surface area contributed by atoms with Crippen molar-refractivity contribution in [2.45, 2.75) is 19.4 Å². The van der Waals surface area contributed by atoms with Crippen molar-refractivity contribution in [3.05, 3.63) is 40.1 Å². The van der Waals surface area contributed by atoms with Crippen molar-refractivity contribution in [2.75, 3.05) is 0 Å². The normalized spacial score (nSPS) is 12.2. The second kappa shape index (κ2) is 6.15. The van der Waals surface area contributed by atoms with Crippen molar-refractivity contribution in [1.29, 1.82) is 0 Å². The summed E-state index contributed by atoms with van der Waals surface area (Å²) in [5.74, 6) is 0.557. The number of H-pyrrole nitrogens is 1. The van der Waals surface area contributed by atoms with E-state index in [0.717, 1.165) is 16.3 Å². The Kier molecular flexibility index (Phi) is 4.07. The first-order chi connectivity index (χ1) is 10.2. The molecule has 0 aromatic carbocycles. The van der Waals surface area contributed by atoms with E-state index in [2.05, 4.69) is 30.9 Å². The molecule has 0 spiro atoms. The van der Waals surface area contributed by atoms with Gasteiger partial charge in [-0.3, -0.25) is 9.89 Å². The number of rotatable bonds is 5. The topological polar surface area (TPSA) is 83.6 Å². The van der Waals surface area contributed by atoms with E-state index < -0.39 is 0 Å². The first-order valence-electron chi connectivity index (χ1n) is 6.34. The van der Waals surface area contributed by atoms with Crippen molar-refractivity contribution in [2.24, 2.45) is 0 Å². The summed E-state index contributed by atoms with van der Waals surface area (Å²) in [5.41, 5.74) is 1.88. The van der Waals surface area contributed by atoms with Gasteiger partial charge in [0.25, 0.3) is 0 Å². The smallest absolute Gasteiger partial charge is 0.226 e. The van der Waals surface area contributed by atoms with Crippen LogP contribution in [0, 0.1) is 0 Å². The fourth-order valence-electron chi connectivity index (χ4n) is 1.86. The Bertz CT molecular complexity index is 705. The number of nitrogens with zero attached hydrogens (tertiary/aromatic N) is 3. The molecule has 0 aliphatic rings. The van der Waals surface area contributed by atoms with Gasteiger partial charge in [0.1, 0.15) is 17.2 Å². The first-order valence-corrected chi connectivity index (χ1v) is 8.16. The van der Waals surface area contributed by atoms with Crippen LogP contribution in [0.25, 0.3) is 10.6 Å². The molecule has 1 unspecified atom stereocenters. The molecule has 21 heavy (non-hydrogen) atoms. The van der Waals surface area contributed by atoms with Gasteiger partial charge in [-0.1, -0.05) is 0 Å². The Labute approximate surface area is 129 Å². The quantitative estimate of drug-likeness (QED) is 0.756. The molecule has 8 heteroatoms. The third-order valence-corrected chi connectivity index (χ3v) is 4.51. The van der Waals surface area contributed by atoms with Gasteiger partial charge >= 0.3 is 0 Å². The molecule has 0 radical (unpaired) electrons. The van der Waals surface area contributed by atoms with E-state index in [1.807, 2.05) is 23.8 Å². The molecule has 1 amide bonds. The Morgan fingerprint density at radius 2 is 2.38 bits per heavy atom. The second-order valence-corrected chi connectivity index (χ2v) is 6.13. The molecule has 6 nitrogen and oxygen atoms in total. The summed E-state index contributed by atoms with van der Waals surface area (Å²) in [6.45, 7) is 1.86. The molecule has 0 saturated carbocycles. The van der Waals surface area contributed by atoms with Crippen LogP contribution in [0.2, 0.25) is 0 Å². The number of thiazole rings is 1. The van der Waals surface area contributed by atoms with Gasteiger partial charge in [-0.15, -0.1) is 11.3 Å². The molecule has 0 fully saturated rings. The van der Waals surface area contributed by atoms with E-state index in [1.54, 1.807) is 22.7 Å². The van der Waals surface area contributed by atoms with Gasteiger partial charge in [0, 0.05) is 16.3 Å². The summed E-state index contributed by atoms with van der Waals surface area (Å²) in [7, 11) is 0. The van der Waals surface area contributed by atoms with E-state index in [4.69, 9.17) is 0 Å². The van der Waals surface area contributed by atoms with Crippen LogP contribution in [0.4, 0.5) is 0 Å². The summed E-state index contributed by atoms with van der Waals surface area (Å²) >= 11 is 3.19. The minimum absolute atomic E-state index is 0.0823. The van der Waals surface area contributed by atoms with E-state index >= 15 is 0 Å². The molecule has 0 bridgehead atoms. The number of aromatic amines is 1. The van der Waals surface area contributed by atoms with Crippen molar-refractivity contribution in [3.63, 3.8) is 0 Å². The van der Waals surface area contributed by atoms with E-state index in [0.29, 0.717) is 5.82 Å². The first kappa shape index (κ1) is 13.9. The van der Waals surface area contributed by atoms with Gasteiger partial charge in [0.05, 0.1) is 18.2 Å². The lowest BCUT2D eigenvalue weighted by atomic mass is 10.2. The SMILES string of the molecule is CC(NC(=O)Cc1csc(-c2ccsc2)n1)c1ncn[nH]1. The summed E-state index contributed by atoms with van der Waals surface area (Å²) in [6.07, 6.45) is 1.69. The number of carbonyl (C=O) groups is 1. The zero-order chi connectivity index (χ0) is 14.7. The molecule has 108 valence electrons. The van der Waals surface area contributed by atoms with Crippen molar-refractivity contribution >= 4 is 28.6 Å². The molecule has 0 aliphatic carbocycles. The van der Waals surface area contributed by atoms with Gasteiger partial charge < -0.3 is 5.32 Å². The minimum atomic E-state index is -0.199. The van der Waals surface area contributed by atoms with Crippen LogP contribution >= 0.6 is 22.7 Å².